The Labute approximate surface area is 174 Å². The zero-order valence-corrected chi connectivity index (χ0v) is 19.1. The van der Waals surface area contributed by atoms with Crippen LogP contribution in [-0.2, 0) is 11.3 Å². The Morgan fingerprint density at radius 3 is 2.31 bits per heavy atom. The molecule has 1 amide bonds. The number of carbonyl (C=O) groups is 1. The minimum Gasteiger partial charge on any atom is -0.494 e. The summed E-state index contributed by atoms with van der Waals surface area (Å²) in [6.07, 6.45) is 0. The van der Waals surface area contributed by atoms with Crippen molar-refractivity contribution in [2.75, 3.05) is 26.7 Å². The third-order valence-corrected chi connectivity index (χ3v) is 3.24. The van der Waals surface area contributed by atoms with Crippen LogP contribution in [0.5, 0.6) is 5.75 Å². The van der Waals surface area contributed by atoms with Crippen LogP contribution < -0.4 is 15.4 Å². The third kappa shape index (κ3) is 9.84. The second-order valence-corrected chi connectivity index (χ2v) is 6.90. The Kier molecular flexibility index (Phi) is 11.3. The predicted molar refractivity (Wildman–Crippen MR) is 118 cm³/mol. The number of amides is 1. The normalized spacial score (nSPS) is 11.4. The zero-order valence-electron chi connectivity index (χ0n) is 16.8. The summed E-state index contributed by atoms with van der Waals surface area (Å²) >= 11 is 0. The van der Waals surface area contributed by atoms with E-state index in [1.165, 1.54) is 0 Å². The van der Waals surface area contributed by atoms with Gasteiger partial charge in [0.2, 0.25) is 5.91 Å². The smallest absolute Gasteiger partial charge is 0.242 e. The maximum absolute atomic E-state index is 12.0. The Balaban J connectivity index is 0.00000625. The summed E-state index contributed by atoms with van der Waals surface area (Å²) in [5, 5.41) is 6.14. The Bertz CT molecular complexity index is 568. The third-order valence-electron chi connectivity index (χ3n) is 3.24. The molecule has 1 aromatic rings. The lowest BCUT2D eigenvalue weighted by Crippen LogP contribution is -2.43. The van der Waals surface area contributed by atoms with E-state index in [2.05, 4.69) is 15.6 Å². The lowest BCUT2D eigenvalue weighted by molar-refractivity contribution is -0.121. The minimum atomic E-state index is -0.251. The van der Waals surface area contributed by atoms with E-state index in [1.54, 1.807) is 0 Å². The molecule has 1 aromatic carbocycles. The molecule has 26 heavy (non-hydrogen) atoms. The lowest BCUT2D eigenvalue weighted by Gasteiger charge is -2.23. The Morgan fingerprint density at radius 2 is 1.81 bits per heavy atom. The van der Waals surface area contributed by atoms with Gasteiger partial charge in [0.05, 0.1) is 6.61 Å². The molecular weight excluding hydrogens is 443 g/mol. The summed E-state index contributed by atoms with van der Waals surface area (Å²) in [7, 11) is 1.96. The second kappa shape index (κ2) is 12.0. The van der Waals surface area contributed by atoms with Gasteiger partial charge in [0.25, 0.3) is 0 Å². The second-order valence-electron chi connectivity index (χ2n) is 6.90. The standard InChI is InChI=1S/C19H32N4O2.HI/c1-7-20-18(21-13-17(24)22-19(3,4)5)23(6)14-15-9-11-16(12-10-15)25-8-2;/h9-12H,7-8,13-14H2,1-6H3,(H,20,21)(H,22,24);1H. The Morgan fingerprint density at radius 1 is 1.19 bits per heavy atom. The van der Waals surface area contributed by atoms with Crippen molar-refractivity contribution >= 4 is 35.8 Å². The van der Waals surface area contributed by atoms with Crippen molar-refractivity contribution in [1.82, 2.24) is 15.5 Å². The number of hydrogen-bond acceptors (Lipinski definition) is 3. The molecule has 0 spiro atoms. The highest BCUT2D eigenvalue weighted by Gasteiger charge is 2.14. The van der Waals surface area contributed by atoms with Crippen LogP contribution in [0.15, 0.2) is 29.3 Å². The van der Waals surface area contributed by atoms with E-state index in [-0.39, 0.29) is 42.0 Å². The lowest BCUT2D eigenvalue weighted by atomic mass is 10.1. The molecule has 2 N–H and O–H groups in total. The number of nitrogens with one attached hydrogen (secondary N) is 2. The molecule has 7 heteroatoms. The van der Waals surface area contributed by atoms with Crippen LogP contribution in [0.4, 0.5) is 0 Å². The fourth-order valence-corrected chi connectivity index (χ4v) is 2.28. The van der Waals surface area contributed by atoms with Crippen molar-refractivity contribution in [1.29, 1.82) is 0 Å². The first-order valence-corrected chi connectivity index (χ1v) is 8.77. The molecule has 0 atom stereocenters. The fraction of sp³-hybridized carbons (Fsp3) is 0.579. The Hall–Kier alpha value is -1.51. The highest BCUT2D eigenvalue weighted by molar-refractivity contribution is 14.0. The van der Waals surface area contributed by atoms with Crippen LogP contribution in [0.3, 0.4) is 0 Å². The molecule has 0 aromatic heterocycles. The van der Waals surface area contributed by atoms with E-state index in [4.69, 9.17) is 4.74 Å². The van der Waals surface area contributed by atoms with Gasteiger partial charge in [-0.1, -0.05) is 12.1 Å². The molecule has 0 saturated carbocycles. The number of guanidine groups is 1. The number of nitrogens with zero attached hydrogens (tertiary/aromatic N) is 2. The van der Waals surface area contributed by atoms with E-state index >= 15 is 0 Å². The summed E-state index contributed by atoms with van der Waals surface area (Å²) in [5.74, 6) is 1.49. The summed E-state index contributed by atoms with van der Waals surface area (Å²) in [6, 6.07) is 8.01. The summed E-state index contributed by atoms with van der Waals surface area (Å²) in [5.41, 5.74) is 0.898. The minimum absolute atomic E-state index is 0. The number of rotatable bonds is 7. The summed E-state index contributed by atoms with van der Waals surface area (Å²) in [4.78, 5) is 18.4. The average Bonchev–Trinajstić information content (AvgIpc) is 2.51. The van der Waals surface area contributed by atoms with Gasteiger partial charge < -0.3 is 20.3 Å². The van der Waals surface area contributed by atoms with Crippen molar-refractivity contribution in [2.45, 2.75) is 46.7 Å². The molecule has 0 aliphatic heterocycles. The van der Waals surface area contributed by atoms with Gasteiger partial charge in [0.1, 0.15) is 12.3 Å². The van der Waals surface area contributed by atoms with Crippen molar-refractivity contribution in [3.05, 3.63) is 29.8 Å². The van der Waals surface area contributed by atoms with Crippen LogP contribution in [0.2, 0.25) is 0 Å². The molecule has 0 aliphatic carbocycles. The molecule has 148 valence electrons. The highest BCUT2D eigenvalue weighted by Crippen LogP contribution is 2.13. The molecule has 0 aliphatic rings. The average molecular weight is 476 g/mol. The molecule has 0 radical (unpaired) electrons. The topological polar surface area (TPSA) is 66.0 Å². The number of carbonyl (C=O) groups excluding carboxylic acids is 1. The van der Waals surface area contributed by atoms with Gasteiger partial charge >= 0.3 is 0 Å². The van der Waals surface area contributed by atoms with E-state index < -0.39 is 0 Å². The SMILES string of the molecule is CCNC(=NCC(=O)NC(C)(C)C)N(C)Cc1ccc(OCC)cc1.I. The highest BCUT2D eigenvalue weighted by atomic mass is 127. The predicted octanol–water partition coefficient (Wildman–Crippen LogP) is 3.02. The molecule has 0 unspecified atom stereocenters. The van der Waals surface area contributed by atoms with Crippen molar-refractivity contribution in [3.63, 3.8) is 0 Å². The van der Waals surface area contributed by atoms with E-state index in [0.717, 1.165) is 17.9 Å². The van der Waals surface area contributed by atoms with Gasteiger partial charge in [-0.15, -0.1) is 24.0 Å². The van der Waals surface area contributed by atoms with Gasteiger partial charge in [-0.2, -0.15) is 0 Å². The van der Waals surface area contributed by atoms with Crippen LogP contribution in [0.25, 0.3) is 0 Å². The first kappa shape index (κ1) is 24.5. The van der Waals surface area contributed by atoms with Gasteiger partial charge in [-0.05, 0) is 52.3 Å². The van der Waals surface area contributed by atoms with Crippen LogP contribution in [0.1, 0.15) is 40.2 Å². The van der Waals surface area contributed by atoms with Gasteiger partial charge in [-0.3, -0.25) is 4.79 Å². The molecule has 0 saturated heterocycles. The fourth-order valence-electron chi connectivity index (χ4n) is 2.28. The molecular formula is C19H33IN4O2. The number of ether oxygens (including phenoxy) is 1. The number of benzene rings is 1. The zero-order chi connectivity index (χ0) is 18.9. The van der Waals surface area contributed by atoms with Crippen LogP contribution >= 0.6 is 24.0 Å². The molecule has 1 rings (SSSR count). The number of aliphatic imine (C=N–C) groups is 1. The quantitative estimate of drug-likeness (QED) is 0.361. The van der Waals surface area contributed by atoms with Crippen LogP contribution in [0, 0.1) is 0 Å². The molecule has 0 bridgehead atoms. The van der Waals surface area contributed by atoms with Gasteiger partial charge in [-0.25, -0.2) is 4.99 Å². The van der Waals surface area contributed by atoms with Gasteiger partial charge in [0, 0.05) is 25.7 Å². The van der Waals surface area contributed by atoms with E-state index in [0.29, 0.717) is 19.1 Å². The van der Waals surface area contributed by atoms with E-state index in [1.807, 2.05) is 70.8 Å². The first-order chi connectivity index (χ1) is 11.7. The number of hydrogen-bond donors (Lipinski definition) is 2. The monoisotopic (exact) mass is 476 g/mol. The van der Waals surface area contributed by atoms with E-state index in [9.17, 15) is 4.79 Å². The molecule has 6 nitrogen and oxygen atoms in total. The molecule has 0 fully saturated rings. The summed E-state index contributed by atoms with van der Waals surface area (Å²) < 4.78 is 5.46. The maximum Gasteiger partial charge on any atom is 0.242 e. The van der Waals surface area contributed by atoms with Crippen molar-refractivity contribution in [2.24, 2.45) is 4.99 Å². The first-order valence-electron chi connectivity index (χ1n) is 8.77. The molecule has 0 heterocycles. The van der Waals surface area contributed by atoms with Crippen molar-refractivity contribution in [3.8, 4) is 5.75 Å². The summed E-state index contributed by atoms with van der Waals surface area (Å²) in [6.45, 7) is 12.0. The van der Waals surface area contributed by atoms with Crippen molar-refractivity contribution < 1.29 is 9.53 Å². The largest absolute Gasteiger partial charge is 0.494 e. The van der Waals surface area contributed by atoms with Gasteiger partial charge in [0.15, 0.2) is 5.96 Å². The van der Waals surface area contributed by atoms with Crippen LogP contribution in [-0.4, -0.2) is 49.0 Å². The maximum atomic E-state index is 12.0. The number of halogens is 1.